The van der Waals surface area contributed by atoms with Crippen molar-refractivity contribution in [2.45, 2.75) is 0 Å². The Bertz CT molecular complexity index is 428. The van der Waals surface area contributed by atoms with E-state index in [1.807, 2.05) is 24.3 Å². The number of benzene rings is 1. The number of rotatable bonds is 1. The van der Waals surface area contributed by atoms with Crippen LogP contribution in [-0.2, 0) is 0 Å². The molecule has 0 saturated carbocycles. The fourth-order valence-corrected chi connectivity index (χ4v) is 2.44. The molecule has 0 saturated heterocycles. The van der Waals surface area contributed by atoms with Gasteiger partial charge in [0.2, 0.25) is 0 Å². The highest BCUT2D eigenvalue weighted by Crippen LogP contribution is 2.35. The molecule has 1 aromatic carbocycles. The van der Waals surface area contributed by atoms with Gasteiger partial charge in [-0.15, -0.1) is 0 Å². The van der Waals surface area contributed by atoms with Crippen molar-refractivity contribution in [3.63, 3.8) is 0 Å². The normalized spacial score (nSPS) is 10.5. The number of hydrogen-bond acceptors (Lipinski definition) is 1. The van der Waals surface area contributed by atoms with Gasteiger partial charge in [-0.25, -0.2) is 0 Å². The van der Waals surface area contributed by atoms with Crippen molar-refractivity contribution in [1.82, 2.24) is 0 Å². The standard InChI is InChI=1S/C10H5Br2ClO/c11-7-4-6(5-8(12)10(7)13)9-2-1-3-14-9/h1-5H. The summed E-state index contributed by atoms with van der Waals surface area (Å²) in [7, 11) is 0. The van der Waals surface area contributed by atoms with E-state index >= 15 is 0 Å². The molecule has 1 nitrogen and oxygen atoms in total. The molecule has 0 aliphatic heterocycles. The maximum Gasteiger partial charge on any atom is 0.133 e. The van der Waals surface area contributed by atoms with E-state index in [1.165, 1.54) is 0 Å². The summed E-state index contributed by atoms with van der Waals surface area (Å²) in [4.78, 5) is 0. The Morgan fingerprint density at radius 3 is 2.29 bits per heavy atom. The van der Waals surface area contributed by atoms with E-state index in [4.69, 9.17) is 16.0 Å². The number of hydrogen-bond donors (Lipinski definition) is 0. The molecule has 0 atom stereocenters. The summed E-state index contributed by atoms with van der Waals surface area (Å²) < 4.78 is 6.98. The van der Waals surface area contributed by atoms with Crippen LogP contribution in [0.4, 0.5) is 0 Å². The van der Waals surface area contributed by atoms with Crippen LogP contribution in [-0.4, -0.2) is 0 Å². The molecule has 14 heavy (non-hydrogen) atoms. The molecular formula is C10H5Br2ClO. The molecule has 0 N–H and O–H groups in total. The molecule has 72 valence electrons. The summed E-state index contributed by atoms with van der Waals surface area (Å²) in [5.41, 5.74) is 0.984. The lowest BCUT2D eigenvalue weighted by molar-refractivity contribution is 0.582. The van der Waals surface area contributed by atoms with Gasteiger partial charge in [0.1, 0.15) is 5.76 Å². The fraction of sp³-hybridized carbons (Fsp3) is 0. The first-order valence-electron chi connectivity index (χ1n) is 3.87. The third-order valence-electron chi connectivity index (χ3n) is 1.79. The molecule has 2 rings (SSSR count). The van der Waals surface area contributed by atoms with Gasteiger partial charge < -0.3 is 4.42 Å². The van der Waals surface area contributed by atoms with E-state index < -0.39 is 0 Å². The Kier molecular flexibility index (Phi) is 3.00. The van der Waals surface area contributed by atoms with Crippen LogP contribution in [0, 0.1) is 0 Å². The minimum absolute atomic E-state index is 0.667. The number of halogens is 3. The monoisotopic (exact) mass is 334 g/mol. The van der Waals surface area contributed by atoms with Gasteiger partial charge in [-0.2, -0.15) is 0 Å². The average molecular weight is 336 g/mol. The lowest BCUT2D eigenvalue weighted by Crippen LogP contribution is -1.77. The molecule has 1 heterocycles. The van der Waals surface area contributed by atoms with E-state index in [-0.39, 0.29) is 0 Å². The lowest BCUT2D eigenvalue weighted by Gasteiger charge is -2.02. The van der Waals surface area contributed by atoms with Crippen LogP contribution in [0.2, 0.25) is 5.02 Å². The molecule has 2 aromatic rings. The Balaban J connectivity index is 2.57. The molecule has 0 fully saturated rings. The highest BCUT2D eigenvalue weighted by molar-refractivity contribution is 9.11. The third-order valence-corrected chi connectivity index (χ3v) is 3.90. The maximum absolute atomic E-state index is 5.99. The van der Waals surface area contributed by atoms with Crippen molar-refractivity contribution < 1.29 is 4.42 Å². The van der Waals surface area contributed by atoms with Crippen LogP contribution in [0.5, 0.6) is 0 Å². The highest BCUT2D eigenvalue weighted by atomic mass is 79.9. The van der Waals surface area contributed by atoms with Crippen LogP contribution in [0.1, 0.15) is 0 Å². The van der Waals surface area contributed by atoms with E-state index in [2.05, 4.69) is 31.9 Å². The third kappa shape index (κ3) is 1.90. The van der Waals surface area contributed by atoms with Crippen molar-refractivity contribution in [1.29, 1.82) is 0 Å². The zero-order valence-electron chi connectivity index (χ0n) is 6.93. The summed E-state index contributed by atoms with van der Waals surface area (Å²) in [6, 6.07) is 7.60. The molecule has 0 spiro atoms. The van der Waals surface area contributed by atoms with Gasteiger partial charge in [0.05, 0.1) is 11.3 Å². The van der Waals surface area contributed by atoms with Crippen molar-refractivity contribution in [2.24, 2.45) is 0 Å². The first-order chi connectivity index (χ1) is 6.68. The summed E-state index contributed by atoms with van der Waals surface area (Å²) >= 11 is 12.7. The average Bonchev–Trinajstić information content (AvgIpc) is 2.66. The molecule has 0 radical (unpaired) electrons. The second-order valence-electron chi connectivity index (χ2n) is 2.73. The molecule has 1 aromatic heterocycles. The minimum atomic E-state index is 0.667. The van der Waals surface area contributed by atoms with Crippen LogP contribution in [0.25, 0.3) is 11.3 Å². The molecule has 0 aliphatic carbocycles. The van der Waals surface area contributed by atoms with Gasteiger partial charge in [-0.3, -0.25) is 0 Å². The molecular weight excluding hydrogens is 331 g/mol. The second-order valence-corrected chi connectivity index (χ2v) is 4.82. The van der Waals surface area contributed by atoms with Crippen LogP contribution < -0.4 is 0 Å². The zero-order valence-corrected chi connectivity index (χ0v) is 10.9. The molecule has 0 bridgehead atoms. The Hall–Kier alpha value is -0.250. The number of furan rings is 1. The van der Waals surface area contributed by atoms with Crippen LogP contribution >= 0.6 is 43.5 Å². The lowest BCUT2D eigenvalue weighted by atomic mass is 10.2. The van der Waals surface area contributed by atoms with Gasteiger partial charge in [-0.05, 0) is 56.1 Å². The van der Waals surface area contributed by atoms with E-state index in [0.29, 0.717) is 5.02 Å². The molecule has 0 unspecified atom stereocenters. The van der Waals surface area contributed by atoms with Crippen LogP contribution in [0.15, 0.2) is 43.9 Å². The second kappa shape index (κ2) is 4.09. The van der Waals surface area contributed by atoms with Crippen molar-refractivity contribution in [3.8, 4) is 11.3 Å². The SMILES string of the molecule is Clc1c(Br)cc(-c2ccco2)cc1Br. The quantitative estimate of drug-likeness (QED) is 0.658. The van der Waals surface area contributed by atoms with Crippen molar-refractivity contribution in [2.75, 3.05) is 0 Å². The van der Waals surface area contributed by atoms with E-state index in [0.717, 1.165) is 20.3 Å². The van der Waals surface area contributed by atoms with Gasteiger partial charge >= 0.3 is 0 Å². The fourth-order valence-electron chi connectivity index (χ4n) is 1.14. The first kappa shape index (κ1) is 10.3. The van der Waals surface area contributed by atoms with Gasteiger partial charge in [0.15, 0.2) is 0 Å². The topological polar surface area (TPSA) is 13.1 Å². The van der Waals surface area contributed by atoms with E-state index in [9.17, 15) is 0 Å². The minimum Gasteiger partial charge on any atom is -0.464 e. The predicted octanol–water partition coefficient (Wildman–Crippen LogP) is 5.13. The largest absolute Gasteiger partial charge is 0.464 e. The smallest absolute Gasteiger partial charge is 0.133 e. The highest BCUT2D eigenvalue weighted by Gasteiger charge is 2.07. The molecule has 0 amide bonds. The Labute approximate surface area is 103 Å². The molecule has 0 aliphatic rings. The Morgan fingerprint density at radius 1 is 1.14 bits per heavy atom. The van der Waals surface area contributed by atoms with Crippen molar-refractivity contribution in [3.05, 3.63) is 44.5 Å². The first-order valence-corrected chi connectivity index (χ1v) is 5.83. The van der Waals surface area contributed by atoms with Crippen molar-refractivity contribution >= 4 is 43.5 Å². The predicted molar refractivity (Wildman–Crippen MR) is 64.6 cm³/mol. The maximum atomic E-state index is 5.99. The summed E-state index contributed by atoms with van der Waals surface area (Å²) in [6.07, 6.45) is 1.64. The Morgan fingerprint density at radius 2 is 1.79 bits per heavy atom. The van der Waals surface area contributed by atoms with Crippen LogP contribution in [0.3, 0.4) is 0 Å². The molecule has 4 heteroatoms. The van der Waals surface area contributed by atoms with E-state index in [1.54, 1.807) is 6.26 Å². The van der Waals surface area contributed by atoms with Gasteiger partial charge in [0.25, 0.3) is 0 Å². The summed E-state index contributed by atoms with van der Waals surface area (Å²) in [5.74, 6) is 0.822. The zero-order chi connectivity index (χ0) is 10.1. The van der Waals surface area contributed by atoms with Gasteiger partial charge in [-0.1, -0.05) is 11.6 Å². The van der Waals surface area contributed by atoms with Gasteiger partial charge in [0, 0.05) is 14.5 Å². The summed E-state index contributed by atoms with van der Waals surface area (Å²) in [6.45, 7) is 0. The summed E-state index contributed by atoms with van der Waals surface area (Å²) in [5, 5.41) is 0.667.